The van der Waals surface area contributed by atoms with Crippen molar-refractivity contribution in [2.24, 2.45) is 27.7 Å². The summed E-state index contributed by atoms with van der Waals surface area (Å²) in [4.78, 5) is 43.8. The Labute approximate surface area is 304 Å². The molecule has 0 aliphatic carbocycles. The summed E-state index contributed by atoms with van der Waals surface area (Å²) in [5.74, 6) is -2.43. The zero-order valence-electron chi connectivity index (χ0n) is 30.7. The lowest BCUT2D eigenvalue weighted by Gasteiger charge is -2.41. The number of hydrazone groups is 1. The van der Waals surface area contributed by atoms with E-state index >= 15 is 0 Å². The van der Waals surface area contributed by atoms with Gasteiger partial charge >= 0.3 is 25.7 Å². The zero-order chi connectivity index (χ0) is 37.8. The Kier molecular flexibility index (Phi) is 12.2. The smallest absolute Gasteiger partial charge is 0.459 e. The van der Waals surface area contributed by atoms with Crippen LogP contribution in [0.15, 0.2) is 52.2 Å². The summed E-state index contributed by atoms with van der Waals surface area (Å²) in [6, 6.07) is 7.18. The van der Waals surface area contributed by atoms with E-state index in [2.05, 4.69) is 15.2 Å². The van der Waals surface area contributed by atoms with Crippen LogP contribution in [-0.4, -0.2) is 96.5 Å². The van der Waals surface area contributed by atoms with Gasteiger partial charge in [-0.15, -0.1) is 0 Å². The number of carbonyl (C=O) groups excluding carboxylic acids is 3. The van der Waals surface area contributed by atoms with E-state index in [4.69, 9.17) is 38.5 Å². The molecule has 2 fully saturated rings. The number of rotatable bonds is 14. The van der Waals surface area contributed by atoms with Crippen molar-refractivity contribution in [3.8, 4) is 5.75 Å². The van der Waals surface area contributed by atoms with Crippen molar-refractivity contribution in [3.63, 3.8) is 0 Å². The van der Waals surface area contributed by atoms with Crippen LogP contribution >= 0.6 is 7.75 Å². The first-order valence-electron chi connectivity index (χ1n) is 17.6. The van der Waals surface area contributed by atoms with Gasteiger partial charge in [0.2, 0.25) is 0 Å². The monoisotopic (exact) mass is 747 g/mol. The molecule has 1 aromatic rings. The molecule has 0 bridgehead atoms. The molecule has 4 aliphatic heterocycles. The highest BCUT2D eigenvalue weighted by Crippen LogP contribution is 2.51. The number of hydrogen-bond acceptors (Lipinski definition) is 15. The molecule has 1 aromatic carbocycles. The number of nitrogens with two attached hydrogens (primary N) is 1. The average Bonchev–Trinajstić information content (AvgIpc) is 3.60. The molecular weight excluding hydrogens is 697 g/mol. The average molecular weight is 748 g/mol. The number of esters is 3. The highest BCUT2D eigenvalue weighted by molar-refractivity contribution is 7.52. The number of ether oxygens (including phenoxy) is 5. The van der Waals surface area contributed by atoms with Crippen molar-refractivity contribution in [1.82, 2.24) is 10.1 Å². The summed E-state index contributed by atoms with van der Waals surface area (Å²) in [6.45, 7) is 12.1. The van der Waals surface area contributed by atoms with Crippen molar-refractivity contribution in [3.05, 3.63) is 42.1 Å². The SMILES string of the molecule is CC(C)C(=O)O[C@H]1[C@H](C2(C)CC=C3C(N)=NC=NN32)O[C@](C)(CO[P@](=O)(N[C@@H](C)C(=O)OC2CCOCC2)Oc2ccccc2)[C@H]1OC(=O)C(C)C. The number of amidine groups is 1. The Bertz CT molecular complexity index is 1610. The van der Waals surface area contributed by atoms with Gasteiger partial charge in [-0.25, -0.2) is 9.56 Å². The van der Waals surface area contributed by atoms with Crippen LogP contribution in [0.5, 0.6) is 5.75 Å². The molecule has 0 aromatic heterocycles. The summed E-state index contributed by atoms with van der Waals surface area (Å²) in [5.41, 5.74) is 4.13. The molecule has 17 heteroatoms. The number of para-hydroxylation sites is 1. The minimum Gasteiger partial charge on any atom is -0.461 e. The molecule has 4 aliphatic rings. The van der Waals surface area contributed by atoms with Gasteiger partial charge in [0.1, 0.15) is 35.9 Å². The van der Waals surface area contributed by atoms with Gasteiger partial charge in [-0.3, -0.25) is 23.9 Å². The van der Waals surface area contributed by atoms with Gasteiger partial charge in [0, 0.05) is 12.8 Å². The van der Waals surface area contributed by atoms with E-state index < -0.39 is 79.6 Å². The molecule has 4 heterocycles. The molecule has 16 nitrogen and oxygen atoms in total. The Hall–Kier alpha value is -3.82. The van der Waals surface area contributed by atoms with E-state index in [-0.39, 0.29) is 17.7 Å². The van der Waals surface area contributed by atoms with Crippen LogP contribution in [0.3, 0.4) is 0 Å². The van der Waals surface area contributed by atoms with Crippen molar-refractivity contribution in [2.45, 2.75) is 109 Å². The second-order valence-corrected chi connectivity index (χ2v) is 16.1. The van der Waals surface area contributed by atoms with Crippen molar-refractivity contribution >= 4 is 37.8 Å². The van der Waals surface area contributed by atoms with E-state index in [9.17, 15) is 18.9 Å². The maximum absolute atomic E-state index is 14.6. The zero-order valence-corrected chi connectivity index (χ0v) is 31.6. The molecule has 3 N–H and O–H groups in total. The molecule has 0 spiro atoms. The number of aliphatic imine (C=N–C) groups is 1. The lowest BCUT2D eigenvalue weighted by atomic mass is 9.86. The van der Waals surface area contributed by atoms with Crippen LogP contribution in [0.2, 0.25) is 0 Å². The predicted molar refractivity (Wildman–Crippen MR) is 189 cm³/mol. The molecule has 2 saturated heterocycles. The second kappa shape index (κ2) is 16.0. The van der Waals surface area contributed by atoms with Crippen molar-refractivity contribution in [2.75, 3.05) is 19.8 Å². The maximum atomic E-state index is 14.6. The topological polar surface area (TPSA) is 199 Å². The third-order valence-corrected chi connectivity index (χ3v) is 11.0. The molecule has 5 rings (SSSR count). The first kappa shape index (κ1) is 39.4. The molecule has 7 atom stereocenters. The minimum atomic E-state index is -4.42. The largest absolute Gasteiger partial charge is 0.461 e. The summed E-state index contributed by atoms with van der Waals surface area (Å²) in [6.07, 6.45) is 0.852. The molecular formula is C35H50N5O11P. The summed E-state index contributed by atoms with van der Waals surface area (Å²) in [5, 5.41) is 8.83. The lowest BCUT2D eigenvalue weighted by molar-refractivity contribution is -0.176. The number of hydrogen-bond donors (Lipinski definition) is 2. The molecule has 0 saturated carbocycles. The number of nitrogens with zero attached hydrogens (tertiary/aromatic N) is 3. The van der Waals surface area contributed by atoms with Gasteiger partial charge in [-0.05, 0) is 39.3 Å². The molecule has 286 valence electrons. The Morgan fingerprint density at radius 3 is 2.31 bits per heavy atom. The highest BCUT2D eigenvalue weighted by Gasteiger charge is 2.65. The first-order valence-corrected chi connectivity index (χ1v) is 19.1. The fourth-order valence-electron chi connectivity index (χ4n) is 6.25. The van der Waals surface area contributed by atoms with E-state index in [1.165, 1.54) is 13.3 Å². The summed E-state index contributed by atoms with van der Waals surface area (Å²) in [7, 11) is -4.42. The van der Waals surface area contributed by atoms with Gasteiger partial charge < -0.3 is 33.9 Å². The van der Waals surface area contributed by atoms with Gasteiger partial charge in [-0.2, -0.15) is 10.2 Å². The van der Waals surface area contributed by atoms with Crippen LogP contribution < -0.4 is 15.3 Å². The Morgan fingerprint density at radius 2 is 1.65 bits per heavy atom. The fourth-order valence-corrected chi connectivity index (χ4v) is 7.83. The highest BCUT2D eigenvalue weighted by atomic mass is 31.2. The number of carbonyl (C=O) groups is 3. The third kappa shape index (κ3) is 8.69. The quantitative estimate of drug-likeness (QED) is 0.158. The van der Waals surface area contributed by atoms with Crippen molar-refractivity contribution in [1.29, 1.82) is 0 Å². The summed E-state index contributed by atoms with van der Waals surface area (Å²) >= 11 is 0. The standard InChI is InChI=1S/C35H50N5O11P/c1-21(2)31(41)48-27-28(34(6)16-13-26-30(36)37-20-38-40(26)34)50-35(7,29(27)49-32(42)22(3)4)19-46-52(44,51-25-11-9-8-10-12-25)39-23(5)33(43)47-24-14-17-45-18-15-24/h8-13,20-24,27-29H,14-19H2,1-7H3,(H,39,44)(H2,36,37,38)/t23-,27-,28+,29-,34?,35+,52+/m0/s1. The van der Waals surface area contributed by atoms with Gasteiger partial charge in [0.25, 0.3) is 0 Å². The maximum Gasteiger partial charge on any atom is 0.459 e. The minimum absolute atomic E-state index is 0.199. The van der Waals surface area contributed by atoms with Crippen molar-refractivity contribution < 1.29 is 51.7 Å². The molecule has 1 unspecified atom stereocenters. The first-order chi connectivity index (χ1) is 24.5. The Balaban J connectivity index is 1.47. The predicted octanol–water partition coefficient (Wildman–Crippen LogP) is 3.85. The van der Waals surface area contributed by atoms with Crippen LogP contribution in [-0.2, 0) is 47.2 Å². The van der Waals surface area contributed by atoms with E-state index in [1.807, 2.05) is 13.0 Å². The summed E-state index contributed by atoms with van der Waals surface area (Å²) < 4.78 is 56.6. The van der Waals surface area contributed by atoms with E-state index in [0.717, 1.165) is 0 Å². The molecule has 0 radical (unpaired) electrons. The normalized spacial score (nSPS) is 29.2. The number of nitrogens with one attached hydrogen (secondary N) is 1. The lowest BCUT2D eigenvalue weighted by Crippen LogP contribution is -2.56. The number of benzene rings is 1. The third-order valence-electron chi connectivity index (χ3n) is 9.34. The number of fused-ring (bicyclic) bond motifs is 1. The van der Waals surface area contributed by atoms with Gasteiger partial charge in [-0.1, -0.05) is 52.0 Å². The molecule has 52 heavy (non-hydrogen) atoms. The van der Waals surface area contributed by atoms with E-state index in [1.54, 1.807) is 70.0 Å². The fraction of sp³-hybridized carbons (Fsp3) is 0.629. The van der Waals surface area contributed by atoms with Crippen LogP contribution in [0.25, 0.3) is 0 Å². The van der Waals surface area contributed by atoms with Crippen LogP contribution in [0, 0.1) is 11.8 Å². The second-order valence-electron chi connectivity index (χ2n) is 14.4. The Morgan fingerprint density at radius 1 is 1.00 bits per heavy atom. The molecule has 0 amide bonds. The van der Waals surface area contributed by atoms with E-state index in [0.29, 0.717) is 38.2 Å². The van der Waals surface area contributed by atoms with Crippen LogP contribution in [0.1, 0.15) is 67.7 Å². The van der Waals surface area contributed by atoms with Gasteiger partial charge in [0.05, 0.1) is 42.9 Å². The van der Waals surface area contributed by atoms with Crippen LogP contribution in [0.4, 0.5) is 0 Å². The van der Waals surface area contributed by atoms with Gasteiger partial charge in [0.15, 0.2) is 18.0 Å².